The number of ether oxygens (including phenoxy) is 1. The van der Waals surface area contributed by atoms with E-state index in [4.69, 9.17) is 5.11 Å². The zero-order valence-corrected chi connectivity index (χ0v) is 14.1. The summed E-state index contributed by atoms with van der Waals surface area (Å²) in [7, 11) is 1.15. The van der Waals surface area contributed by atoms with E-state index in [2.05, 4.69) is 26.0 Å². The van der Waals surface area contributed by atoms with Crippen LogP contribution in [0.5, 0.6) is 0 Å². The summed E-state index contributed by atoms with van der Waals surface area (Å²) in [6.45, 7) is 0. The molecule has 8 heteroatoms. The van der Waals surface area contributed by atoms with E-state index in [-0.39, 0.29) is 0 Å². The molecule has 0 aliphatic heterocycles. The molecule has 0 bridgehead atoms. The summed E-state index contributed by atoms with van der Waals surface area (Å²) in [5.41, 5.74) is 0.299. The standard InChI is InChI=1S/C12H11BrINO5/c1-20-10(16)5-9(12(18)19)15-11(17)7-4-6(14)2-3-8(7)13/h2-4,9H,5H2,1H3,(H,15,17)(H,18,19)/t9-/m0/s1. The lowest BCUT2D eigenvalue weighted by atomic mass is 10.1. The number of carboxylic acid groups (broad SMARTS) is 1. The molecule has 108 valence electrons. The Morgan fingerprint density at radius 3 is 2.65 bits per heavy atom. The van der Waals surface area contributed by atoms with Gasteiger partial charge >= 0.3 is 11.9 Å². The van der Waals surface area contributed by atoms with E-state index in [1.165, 1.54) is 0 Å². The normalized spacial score (nSPS) is 11.6. The molecule has 0 saturated heterocycles. The highest BCUT2D eigenvalue weighted by Crippen LogP contribution is 2.19. The number of hydrogen-bond donors (Lipinski definition) is 2. The molecular weight excluding hydrogens is 445 g/mol. The zero-order chi connectivity index (χ0) is 15.3. The van der Waals surface area contributed by atoms with Crippen molar-refractivity contribution in [3.8, 4) is 0 Å². The van der Waals surface area contributed by atoms with Gasteiger partial charge in [0.05, 0.1) is 19.1 Å². The zero-order valence-electron chi connectivity index (χ0n) is 10.4. The van der Waals surface area contributed by atoms with Gasteiger partial charge in [-0.05, 0) is 56.7 Å². The van der Waals surface area contributed by atoms with Crippen molar-refractivity contribution in [2.24, 2.45) is 0 Å². The van der Waals surface area contributed by atoms with Crippen LogP contribution >= 0.6 is 38.5 Å². The molecule has 0 heterocycles. The average Bonchev–Trinajstić information content (AvgIpc) is 2.40. The number of hydrogen-bond acceptors (Lipinski definition) is 4. The molecule has 1 rings (SSSR count). The fourth-order valence-corrected chi connectivity index (χ4v) is 2.28. The maximum absolute atomic E-state index is 12.0. The highest BCUT2D eigenvalue weighted by molar-refractivity contribution is 14.1. The summed E-state index contributed by atoms with van der Waals surface area (Å²) in [5.74, 6) is -2.59. The van der Waals surface area contributed by atoms with Gasteiger partial charge in [0.1, 0.15) is 6.04 Å². The van der Waals surface area contributed by atoms with E-state index >= 15 is 0 Å². The van der Waals surface area contributed by atoms with Crippen LogP contribution in [0.1, 0.15) is 16.8 Å². The van der Waals surface area contributed by atoms with Gasteiger partial charge in [-0.25, -0.2) is 4.79 Å². The molecule has 0 aliphatic carbocycles. The summed E-state index contributed by atoms with van der Waals surface area (Å²) < 4.78 is 5.77. The Balaban J connectivity index is 2.88. The third kappa shape index (κ3) is 4.75. The van der Waals surface area contributed by atoms with Crippen molar-refractivity contribution in [1.29, 1.82) is 0 Å². The number of esters is 1. The van der Waals surface area contributed by atoms with Crippen molar-refractivity contribution in [1.82, 2.24) is 5.32 Å². The summed E-state index contributed by atoms with van der Waals surface area (Å²) in [6, 6.07) is 3.76. The monoisotopic (exact) mass is 455 g/mol. The Morgan fingerprint density at radius 1 is 1.45 bits per heavy atom. The van der Waals surface area contributed by atoms with Crippen LogP contribution in [0.4, 0.5) is 0 Å². The van der Waals surface area contributed by atoms with Crippen LogP contribution in [0.3, 0.4) is 0 Å². The Kier molecular flexibility index (Phi) is 6.40. The van der Waals surface area contributed by atoms with Gasteiger partial charge in [-0.1, -0.05) is 0 Å². The molecule has 1 aromatic rings. The van der Waals surface area contributed by atoms with Gasteiger partial charge < -0.3 is 15.2 Å². The van der Waals surface area contributed by atoms with Crippen molar-refractivity contribution in [3.05, 3.63) is 31.8 Å². The van der Waals surface area contributed by atoms with Crippen molar-refractivity contribution < 1.29 is 24.2 Å². The molecule has 1 amide bonds. The molecule has 0 spiro atoms. The van der Waals surface area contributed by atoms with Gasteiger partial charge in [0, 0.05) is 8.04 Å². The van der Waals surface area contributed by atoms with Crippen molar-refractivity contribution >= 4 is 56.4 Å². The first kappa shape index (κ1) is 16.9. The maximum Gasteiger partial charge on any atom is 0.326 e. The number of methoxy groups -OCH3 is 1. The largest absolute Gasteiger partial charge is 0.480 e. The second-order valence-corrected chi connectivity index (χ2v) is 5.87. The number of aliphatic carboxylic acids is 1. The number of carboxylic acids is 1. The second kappa shape index (κ2) is 7.58. The molecule has 20 heavy (non-hydrogen) atoms. The third-order valence-corrected chi connectivity index (χ3v) is 3.74. The van der Waals surface area contributed by atoms with Crippen molar-refractivity contribution in [2.45, 2.75) is 12.5 Å². The molecule has 1 aromatic carbocycles. The third-order valence-electron chi connectivity index (χ3n) is 2.37. The van der Waals surface area contributed by atoms with E-state index in [1.807, 2.05) is 22.6 Å². The fraction of sp³-hybridized carbons (Fsp3) is 0.250. The number of rotatable bonds is 5. The smallest absolute Gasteiger partial charge is 0.326 e. The number of carbonyl (C=O) groups is 3. The van der Waals surface area contributed by atoms with Gasteiger partial charge in [-0.3, -0.25) is 9.59 Å². The molecule has 0 saturated carbocycles. The fourth-order valence-electron chi connectivity index (χ4n) is 1.36. The number of halogens is 2. The van der Waals surface area contributed by atoms with Crippen LogP contribution in [0, 0.1) is 3.57 Å². The van der Waals surface area contributed by atoms with Crippen LogP contribution < -0.4 is 5.32 Å². The van der Waals surface area contributed by atoms with E-state index in [0.29, 0.717) is 10.0 Å². The first-order chi connectivity index (χ1) is 9.35. The summed E-state index contributed by atoms with van der Waals surface area (Å²) >= 11 is 5.26. The van der Waals surface area contributed by atoms with Crippen LogP contribution in [0.2, 0.25) is 0 Å². The van der Waals surface area contributed by atoms with Crippen LogP contribution in [-0.4, -0.2) is 36.1 Å². The highest BCUT2D eigenvalue weighted by Gasteiger charge is 2.25. The molecule has 6 nitrogen and oxygen atoms in total. The van der Waals surface area contributed by atoms with E-state index in [0.717, 1.165) is 10.7 Å². The molecule has 0 aliphatic rings. The Morgan fingerprint density at radius 2 is 2.10 bits per heavy atom. The second-order valence-electron chi connectivity index (χ2n) is 3.77. The van der Waals surface area contributed by atoms with Crippen LogP contribution in [0.25, 0.3) is 0 Å². The number of carbonyl (C=O) groups excluding carboxylic acids is 2. The summed E-state index contributed by atoms with van der Waals surface area (Å²) in [5, 5.41) is 11.3. The van der Waals surface area contributed by atoms with Crippen LogP contribution in [-0.2, 0) is 14.3 Å². The topological polar surface area (TPSA) is 92.7 Å². The van der Waals surface area contributed by atoms with Crippen molar-refractivity contribution in [3.63, 3.8) is 0 Å². The molecule has 0 unspecified atom stereocenters. The van der Waals surface area contributed by atoms with Gasteiger partial charge in [0.15, 0.2) is 0 Å². The van der Waals surface area contributed by atoms with Gasteiger partial charge in [0.25, 0.3) is 5.91 Å². The lowest BCUT2D eigenvalue weighted by Crippen LogP contribution is -2.42. The van der Waals surface area contributed by atoms with E-state index < -0.39 is 30.3 Å². The predicted molar refractivity (Wildman–Crippen MR) is 82.4 cm³/mol. The molecule has 0 fully saturated rings. The SMILES string of the molecule is COC(=O)C[C@H](NC(=O)c1cc(I)ccc1Br)C(=O)O. The maximum atomic E-state index is 12.0. The first-order valence-corrected chi connectivity index (χ1v) is 7.28. The Bertz CT molecular complexity index is 549. The van der Waals surface area contributed by atoms with Crippen LogP contribution in [0.15, 0.2) is 22.7 Å². The number of nitrogens with one attached hydrogen (secondary N) is 1. The molecule has 0 radical (unpaired) electrons. The molecular formula is C12H11BrINO5. The molecule has 2 N–H and O–H groups in total. The van der Waals surface area contributed by atoms with Gasteiger partial charge in [-0.2, -0.15) is 0 Å². The predicted octanol–water partition coefficient (Wildman–Crippen LogP) is 1.80. The lowest BCUT2D eigenvalue weighted by Gasteiger charge is -2.14. The quantitative estimate of drug-likeness (QED) is 0.521. The number of amides is 1. The first-order valence-electron chi connectivity index (χ1n) is 5.40. The minimum absolute atomic E-state index is 0.299. The summed E-state index contributed by atoms with van der Waals surface area (Å²) in [4.78, 5) is 34.2. The van der Waals surface area contributed by atoms with E-state index in [1.54, 1.807) is 18.2 Å². The molecule has 1 atom stereocenters. The lowest BCUT2D eigenvalue weighted by molar-refractivity contribution is -0.147. The highest BCUT2D eigenvalue weighted by atomic mass is 127. The average molecular weight is 456 g/mol. The summed E-state index contributed by atoms with van der Waals surface area (Å²) in [6.07, 6.45) is -0.431. The van der Waals surface area contributed by atoms with Crippen molar-refractivity contribution in [2.75, 3.05) is 7.11 Å². The minimum atomic E-state index is -1.33. The Labute approximate surface area is 137 Å². The minimum Gasteiger partial charge on any atom is -0.480 e. The van der Waals surface area contributed by atoms with Gasteiger partial charge in [0.2, 0.25) is 0 Å². The van der Waals surface area contributed by atoms with E-state index in [9.17, 15) is 14.4 Å². The van der Waals surface area contributed by atoms with Gasteiger partial charge in [-0.15, -0.1) is 0 Å². The molecule has 0 aromatic heterocycles. The number of benzene rings is 1. The Hall–Kier alpha value is -1.16.